The number of aromatic nitrogens is 2. The summed E-state index contributed by atoms with van der Waals surface area (Å²) < 4.78 is 21.3. The van der Waals surface area contributed by atoms with Gasteiger partial charge in [0.15, 0.2) is 11.5 Å². The van der Waals surface area contributed by atoms with Crippen LogP contribution in [0.4, 0.5) is 6.01 Å². The number of piperidine rings is 1. The topological polar surface area (TPSA) is 99.0 Å². The molecule has 180 valence electrons. The highest BCUT2D eigenvalue weighted by Crippen LogP contribution is 2.28. The van der Waals surface area contributed by atoms with E-state index in [0.29, 0.717) is 42.8 Å². The van der Waals surface area contributed by atoms with Crippen LogP contribution in [-0.2, 0) is 11.2 Å². The van der Waals surface area contributed by atoms with Crippen molar-refractivity contribution in [1.29, 1.82) is 0 Å². The number of hydrogen-bond acceptors (Lipinski definition) is 8. The van der Waals surface area contributed by atoms with Gasteiger partial charge in [0.25, 0.3) is 0 Å². The van der Waals surface area contributed by atoms with E-state index in [-0.39, 0.29) is 11.8 Å². The Labute approximate surface area is 199 Å². The lowest BCUT2D eigenvalue weighted by Crippen LogP contribution is -2.43. The van der Waals surface area contributed by atoms with E-state index in [1.165, 1.54) is 0 Å². The van der Waals surface area contributed by atoms with Crippen LogP contribution in [0.1, 0.15) is 18.4 Å². The van der Waals surface area contributed by atoms with Crippen LogP contribution in [0.25, 0.3) is 11.4 Å². The van der Waals surface area contributed by atoms with Crippen molar-refractivity contribution in [2.24, 2.45) is 5.92 Å². The van der Waals surface area contributed by atoms with Gasteiger partial charge < -0.3 is 29.0 Å². The van der Waals surface area contributed by atoms with E-state index in [4.69, 9.17) is 18.7 Å². The van der Waals surface area contributed by atoms with E-state index in [0.717, 1.165) is 36.3 Å². The predicted octanol–water partition coefficient (Wildman–Crippen LogP) is 3.34. The molecule has 1 aliphatic rings. The number of carbonyl (C=O) groups excluding carboxylic acids is 1. The second-order valence-electron chi connectivity index (χ2n) is 8.14. The van der Waals surface area contributed by atoms with Gasteiger partial charge in [-0.1, -0.05) is 11.2 Å². The Morgan fingerprint density at radius 2 is 1.88 bits per heavy atom. The van der Waals surface area contributed by atoms with Gasteiger partial charge in [0.2, 0.25) is 11.7 Å². The van der Waals surface area contributed by atoms with Crippen molar-refractivity contribution in [3.63, 3.8) is 0 Å². The molecule has 9 nitrogen and oxygen atoms in total. The molecule has 0 spiro atoms. The fourth-order valence-electron chi connectivity index (χ4n) is 4.08. The average Bonchev–Trinajstić information content (AvgIpc) is 3.39. The third-order valence-electron chi connectivity index (χ3n) is 5.99. The molecule has 0 bridgehead atoms. The number of benzene rings is 2. The van der Waals surface area contributed by atoms with E-state index in [1.807, 2.05) is 47.4 Å². The first-order valence-electron chi connectivity index (χ1n) is 11.3. The molecular weight excluding hydrogens is 436 g/mol. The summed E-state index contributed by atoms with van der Waals surface area (Å²) >= 11 is 0. The Hall–Kier alpha value is -3.75. The zero-order chi connectivity index (χ0) is 23.9. The molecule has 4 rings (SSSR count). The number of nitrogens with zero attached hydrogens (tertiary/aromatic N) is 3. The second-order valence-corrected chi connectivity index (χ2v) is 8.14. The molecule has 0 aliphatic carbocycles. The summed E-state index contributed by atoms with van der Waals surface area (Å²) in [6, 6.07) is 13.7. The van der Waals surface area contributed by atoms with Gasteiger partial charge in [-0.3, -0.25) is 4.79 Å². The first-order chi connectivity index (χ1) is 16.6. The van der Waals surface area contributed by atoms with Crippen LogP contribution >= 0.6 is 0 Å². The van der Waals surface area contributed by atoms with E-state index in [2.05, 4.69) is 15.5 Å². The number of rotatable bonds is 9. The Morgan fingerprint density at radius 3 is 2.62 bits per heavy atom. The van der Waals surface area contributed by atoms with E-state index >= 15 is 0 Å². The van der Waals surface area contributed by atoms with Crippen molar-refractivity contribution in [1.82, 2.24) is 15.5 Å². The minimum Gasteiger partial charge on any atom is -0.497 e. The summed E-state index contributed by atoms with van der Waals surface area (Å²) in [6.07, 6.45) is 2.42. The highest BCUT2D eigenvalue weighted by Gasteiger charge is 2.28. The quantitative estimate of drug-likeness (QED) is 0.513. The molecule has 1 N–H and O–H groups in total. The van der Waals surface area contributed by atoms with Crippen LogP contribution in [0.15, 0.2) is 47.0 Å². The van der Waals surface area contributed by atoms with E-state index in [1.54, 1.807) is 21.3 Å². The molecule has 0 saturated carbocycles. The molecule has 2 aromatic carbocycles. The highest BCUT2D eigenvalue weighted by molar-refractivity contribution is 5.79. The Bertz CT molecular complexity index is 1100. The number of methoxy groups -OCH3 is 3. The summed E-state index contributed by atoms with van der Waals surface area (Å²) in [4.78, 5) is 19.3. The number of nitrogens with one attached hydrogen (secondary N) is 1. The summed E-state index contributed by atoms with van der Waals surface area (Å²) in [5.74, 6) is 2.56. The van der Waals surface area contributed by atoms with Gasteiger partial charge in [0.05, 0.1) is 27.2 Å². The maximum Gasteiger partial charge on any atom is 0.324 e. The molecule has 1 amide bonds. The maximum atomic E-state index is 12.8. The minimum absolute atomic E-state index is 0.0417. The first kappa shape index (κ1) is 23.4. The van der Waals surface area contributed by atoms with Gasteiger partial charge in [-0.15, -0.1) is 0 Å². The summed E-state index contributed by atoms with van der Waals surface area (Å²) in [7, 11) is 4.85. The molecule has 0 radical (unpaired) electrons. The number of anilines is 1. The summed E-state index contributed by atoms with van der Waals surface area (Å²) in [6.45, 7) is 1.87. The van der Waals surface area contributed by atoms with Crippen LogP contribution < -0.4 is 24.4 Å². The van der Waals surface area contributed by atoms with Crippen molar-refractivity contribution >= 4 is 11.9 Å². The highest BCUT2D eigenvalue weighted by atomic mass is 16.5. The van der Waals surface area contributed by atoms with Gasteiger partial charge in [0, 0.05) is 25.2 Å². The third kappa shape index (κ3) is 5.41. The fraction of sp³-hybridized carbons (Fsp3) is 0.400. The van der Waals surface area contributed by atoms with Crippen molar-refractivity contribution < 1.29 is 23.5 Å². The van der Waals surface area contributed by atoms with Crippen molar-refractivity contribution in [3.05, 3.63) is 48.0 Å². The summed E-state index contributed by atoms with van der Waals surface area (Å²) in [5.41, 5.74) is 1.91. The monoisotopic (exact) mass is 466 g/mol. The normalized spacial score (nSPS) is 15.6. The van der Waals surface area contributed by atoms with Crippen LogP contribution in [0.5, 0.6) is 17.2 Å². The molecule has 1 fully saturated rings. The van der Waals surface area contributed by atoms with Gasteiger partial charge >= 0.3 is 6.01 Å². The smallest absolute Gasteiger partial charge is 0.324 e. The molecule has 1 aromatic heterocycles. The van der Waals surface area contributed by atoms with Gasteiger partial charge in [-0.2, -0.15) is 4.98 Å². The molecule has 2 heterocycles. The molecule has 34 heavy (non-hydrogen) atoms. The molecule has 3 aromatic rings. The van der Waals surface area contributed by atoms with Crippen molar-refractivity contribution in [2.75, 3.05) is 45.9 Å². The van der Waals surface area contributed by atoms with E-state index < -0.39 is 0 Å². The van der Waals surface area contributed by atoms with Crippen molar-refractivity contribution in [3.8, 4) is 28.6 Å². The van der Waals surface area contributed by atoms with Gasteiger partial charge in [-0.05, 0) is 61.2 Å². The third-order valence-corrected chi connectivity index (χ3v) is 5.99. The molecule has 1 atom stereocenters. The Kier molecular flexibility index (Phi) is 7.51. The lowest BCUT2D eigenvalue weighted by Gasteiger charge is -2.30. The lowest BCUT2D eigenvalue weighted by atomic mass is 9.97. The van der Waals surface area contributed by atoms with Gasteiger partial charge in [0.1, 0.15) is 5.75 Å². The maximum absolute atomic E-state index is 12.8. The van der Waals surface area contributed by atoms with Crippen LogP contribution in [0, 0.1) is 5.92 Å². The summed E-state index contributed by atoms with van der Waals surface area (Å²) in [5, 5.41) is 7.17. The van der Waals surface area contributed by atoms with E-state index in [9.17, 15) is 4.79 Å². The Balaban J connectivity index is 1.31. The zero-order valence-corrected chi connectivity index (χ0v) is 19.7. The fourth-order valence-corrected chi connectivity index (χ4v) is 4.08. The lowest BCUT2D eigenvalue weighted by molar-refractivity contribution is -0.125. The van der Waals surface area contributed by atoms with Gasteiger partial charge in [-0.25, -0.2) is 0 Å². The number of ether oxygens (including phenoxy) is 3. The van der Waals surface area contributed by atoms with Crippen LogP contribution in [0.2, 0.25) is 0 Å². The van der Waals surface area contributed by atoms with Crippen molar-refractivity contribution in [2.45, 2.75) is 19.3 Å². The SMILES string of the molecule is COc1ccc(-c2noc(N3CCC[C@H](C(=O)NCCc4ccc(OC)c(OC)c4)C3)n2)cc1. The zero-order valence-electron chi connectivity index (χ0n) is 19.7. The minimum atomic E-state index is -0.129. The molecule has 0 unspecified atom stereocenters. The second kappa shape index (κ2) is 10.9. The number of amides is 1. The average molecular weight is 467 g/mol. The Morgan fingerprint density at radius 1 is 1.09 bits per heavy atom. The van der Waals surface area contributed by atoms with Crippen LogP contribution in [0.3, 0.4) is 0 Å². The first-order valence-corrected chi connectivity index (χ1v) is 11.3. The number of hydrogen-bond donors (Lipinski definition) is 1. The predicted molar refractivity (Wildman–Crippen MR) is 127 cm³/mol. The number of carbonyl (C=O) groups is 1. The molecule has 1 aliphatic heterocycles. The standard InChI is InChI=1S/C25H30N4O5/c1-31-20-9-7-18(8-10-20)23-27-25(34-28-23)29-14-4-5-19(16-29)24(30)26-13-12-17-6-11-21(32-2)22(15-17)33-3/h6-11,15,19H,4-5,12-14,16H2,1-3H3,(H,26,30)/t19-/m0/s1. The molecular formula is C25H30N4O5. The molecule has 9 heteroatoms. The largest absolute Gasteiger partial charge is 0.497 e. The molecule has 1 saturated heterocycles. The van der Waals surface area contributed by atoms with Crippen LogP contribution in [-0.4, -0.2) is 57.0 Å².